The molecule has 0 N–H and O–H groups in total. The van der Waals surface area contributed by atoms with Crippen LogP contribution in [0.2, 0.25) is 0 Å². The van der Waals surface area contributed by atoms with Crippen LogP contribution in [0.15, 0.2) is 24.3 Å². The van der Waals surface area contributed by atoms with E-state index in [0.717, 1.165) is 45.2 Å². The van der Waals surface area contributed by atoms with E-state index in [4.69, 9.17) is 14.2 Å². The summed E-state index contributed by atoms with van der Waals surface area (Å²) in [6, 6.07) is 8.25. The molecule has 3 nitrogen and oxygen atoms in total. The van der Waals surface area contributed by atoms with E-state index in [1.54, 1.807) is 0 Å². The van der Waals surface area contributed by atoms with Gasteiger partial charge in [0.05, 0.1) is 33.0 Å². The molecule has 0 aromatic heterocycles. The van der Waals surface area contributed by atoms with Crippen LogP contribution in [0.3, 0.4) is 0 Å². The predicted octanol–water partition coefficient (Wildman–Crippen LogP) is 2.04. The van der Waals surface area contributed by atoms with Crippen molar-refractivity contribution in [1.29, 1.82) is 0 Å². The first-order valence-electron chi connectivity index (χ1n) is 5.83. The fraction of sp³-hybridized carbons (Fsp3) is 0.538. The van der Waals surface area contributed by atoms with Crippen molar-refractivity contribution >= 4 is 0 Å². The Morgan fingerprint density at radius 1 is 0.812 bits per heavy atom. The molecule has 1 aromatic carbocycles. The monoisotopic (exact) mass is 222 g/mol. The number of para-hydroxylation sites is 1. The van der Waals surface area contributed by atoms with Gasteiger partial charge in [0.1, 0.15) is 5.75 Å². The standard InChI is InChI=1S/C9H10O.C4H8O2/c1-2-6-9-8(4-1)5-3-7-10-9;1-2-6-4-3-5-1/h1-2,4,6H,3,5,7H2;1-4H2. The van der Waals surface area contributed by atoms with Crippen LogP contribution in [0, 0.1) is 0 Å². The van der Waals surface area contributed by atoms with Gasteiger partial charge >= 0.3 is 0 Å². The first-order chi connectivity index (χ1) is 7.97. The van der Waals surface area contributed by atoms with E-state index in [-0.39, 0.29) is 0 Å². The second-order valence-corrected chi connectivity index (χ2v) is 3.78. The molecule has 0 amide bonds. The normalized spacial score (nSPS) is 18.8. The lowest BCUT2D eigenvalue weighted by molar-refractivity contribution is -0.0334. The number of aryl methyl sites for hydroxylation is 1. The molecular weight excluding hydrogens is 204 g/mol. The summed E-state index contributed by atoms with van der Waals surface area (Å²) >= 11 is 0. The quantitative estimate of drug-likeness (QED) is 0.672. The Labute approximate surface area is 96.3 Å². The second kappa shape index (κ2) is 6.51. The van der Waals surface area contributed by atoms with Gasteiger partial charge in [0.25, 0.3) is 0 Å². The van der Waals surface area contributed by atoms with Crippen molar-refractivity contribution in [3.8, 4) is 5.75 Å². The Morgan fingerprint density at radius 2 is 1.50 bits per heavy atom. The van der Waals surface area contributed by atoms with Crippen molar-refractivity contribution in [3.63, 3.8) is 0 Å². The Morgan fingerprint density at radius 3 is 2.12 bits per heavy atom. The fourth-order valence-corrected chi connectivity index (χ4v) is 1.74. The van der Waals surface area contributed by atoms with Crippen LogP contribution in [0.4, 0.5) is 0 Å². The third-order valence-corrected chi connectivity index (χ3v) is 2.56. The van der Waals surface area contributed by atoms with Gasteiger partial charge in [-0.3, -0.25) is 0 Å². The van der Waals surface area contributed by atoms with E-state index >= 15 is 0 Å². The molecule has 0 aliphatic carbocycles. The number of fused-ring (bicyclic) bond motifs is 1. The van der Waals surface area contributed by atoms with E-state index in [0.29, 0.717) is 0 Å². The van der Waals surface area contributed by atoms with Gasteiger partial charge in [-0.2, -0.15) is 0 Å². The summed E-state index contributed by atoms with van der Waals surface area (Å²) in [6.07, 6.45) is 2.34. The highest BCUT2D eigenvalue weighted by atomic mass is 16.6. The molecule has 0 unspecified atom stereocenters. The lowest BCUT2D eigenvalue weighted by atomic mass is 10.1. The smallest absolute Gasteiger partial charge is 0.122 e. The van der Waals surface area contributed by atoms with Crippen molar-refractivity contribution < 1.29 is 14.2 Å². The van der Waals surface area contributed by atoms with Crippen LogP contribution in [0.1, 0.15) is 12.0 Å². The van der Waals surface area contributed by atoms with Crippen LogP contribution in [0.25, 0.3) is 0 Å². The molecule has 1 saturated heterocycles. The SMILES string of the molecule is C1COCCO1.c1ccc2c(c1)CCCO2. The molecule has 0 atom stereocenters. The van der Waals surface area contributed by atoms with Gasteiger partial charge in [0, 0.05) is 0 Å². The Bertz CT molecular complexity index is 271. The summed E-state index contributed by atoms with van der Waals surface area (Å²) in [5.74, 6) is 1.08. The van der Waals surface area contributed by atoms with Gasteiger partial charge in [-0.15, -0.1) is 0 Å². The lowest BCUT2D eigenvalue weighted by Crippen LogP contribution is -2.16. The van der Waals surface area contributed by atoms with Gasteiger partial charge in [0.2, 0.25) is 0 Å². The number of rotatable bonds is 0. The minimum Gasteiger partial charge on any atom is -0.493 e. The Kier molecular flexibility index (Phi) is 4.65. The molecule has 0 radical (unpaired) electrons. The highest BCUT2D eigenvalue weighted by Crippen LogP contribution is 2.23. The summed E-state index contributed by atoms with van der Waals surface area (Å²) in [6.45, 7) is 4.00. The molecule has 0 spiro atoms. The summed E-state index contributed by atoms with van der Waals surface area (Å²) < 4.78 is 15.3. The molecule has 2 heterocycles. The van der Waals surface area contributed by atoms with Crippen LogP contribution < -0.4 is 4.74 Å². The van der Waals surface area contributed by atoms with Crippen molar-refractivity contribution in [3.05, 3.63) is 29.8 Å². The van der Waals surface area contributed by atoms with Gasteiger partial charge in [-0.25, -0.2) is 0 Å². The van der Waals surface area contributed by atoms with Gasteiger partial charge < -0.3 is 14.2 Å². The van der Waals surface area contributed by atoms with Crippen molar-refractivity contribution in [2.45, 2.75) is 12.8 Å². The molecule has 2 aliphatic heterocycles. The predicted molar refractivity (Wildman–Crippen MR) is 61.9 cm³/mol. The molecule has 3 rings (SSSR count). The minimum atomic E-state index is 0.778. The fourth-order valence-electron chi connectivity index (χ4n) is 1.74. The van der Waals surface area contributed by atoms with Crippen molar-refractivity contribution in [2.24, 2.45) is 0 Å². The zero-order chi connectivity index (χ0) is 11.1. The third-order valence-electron chi connectivity index (χ3n) is 2.56. The number of benzene rings is 1. The summed E-state index contributed by atoms with van der Waals surface area (Å²) in [4.78, 5) is 0. The first-order valence-corrected chi connectivity index (χ1v) is 5.83. The molecule has 88 valence electrons. The number of hydrogen-bond donors (Lipinski definition) is 0. The maximum Gasteiger partial charge on any atom is 0.122 e. The van der Waals surface area contributed by atoms with E-state index in [9.17, 15) is 0 Å². The lowest BCUT2D eigenvalue weighted by Gasteiger charge is -2.15. The summed E-state index contributed by atoms with van der Waals surface area (Å²) in [5, 5.41) is 0. The highest BCUT2D eigenvalue weighted by molar-refractivity contribution is 5.34. The maximum absolute atomic E-state index is 5.42. The van der Waals surface area contributed by atoms with E-state index in [1.807, 2.05) is 12.1 Å². The van der Waals surface area contributed by atoms with Gasteiger partial charge in [-0.05, 0) is 24.5 Å². The van der Waals surface area contributed by atoms with Crippen molar-refractivity contribution in [2.75, 3.05) is 33.0 Å². The zero-order valence-electron chi connectivity index (χ0n) is 9.48. The van der Waals surface area contributed by atoms with Gasteiger partial charge in [0.15, 0.2) is 0 Å². The summed E-state index contributed by atoms with van der Waals surface area (Å²) in [5.41, 5.74) is 1.36. The molecule has 0 bridgehead atoms. The van der Waals surface area contributed by atoms with Gasteiger partial charge in [-0.1, -0.05) is 18.2 Å². The number of ether oxygens (including phenoxy) is 3. The zero-order valence-corrected chi connectivity index (χ0v) is 9.48. The van der Waals surface area contributed by atoms with Crippen molar-refractivity contribution in [1.82, 2.24) is 0 Å². The molecule has 16 heavy (non-hydrogen) atoms. The topological polar surface area (TPSA) is 27.7 Å². The Hall–Kier alpha value is -1.06. The van der Waals surface area contributed by atoms with Crippen LogP contribution in [-0.2, 0) is 15.9 Å². The molecule has 1 aromatic rings. The maximum atomic E-state index is 5.42. The molecule has 0 saturated carbocycles. The van der Waals surface area contributed by atoms with E-state index < -0.39 is 0 Å². The average molecular weight is 222 g/mol. The molecular formula is C13H18O3. The van der Waals surface area contributed by atoms with Crippen LogP contribution in [-0.4, -0.2) is 33.0 Å². The molecule has 1 fully saturated rings. The van der Waals surface area contributed by atoms with Crippen LogP contribution >= 0.6 is 0 Å². The van der Waals surface area contributed by atoms with E-state index in [2.05, 4.69) is 12.1 Å². The average Bonchev–Trinajstić information content (AvgIpc) is 2.42. The van der Waals surface area contributed by atoms with Crippen LogP contribution in [0.5, 0.6) is 5.75 Å². The second-order valence-electron chi connectivity index (χ2n) is 3.78. The first kappa shape index (κ1) is 11.4. The Balaban J connectivity index is 0.000000138. The highest BCUT2D eigenvalue weighted by Gasteiger charge is 2.06. The minimum absolute atomic E-state index is 0.778. The van der Waals surface area contributed by atoms with E-state index in [1.165, 1.54) is 12.0 Å². The summed E-state index contributed by atoms with van der Waals surface area (Å²) in [7, 11) is 0. The molecule has 3 heteroatoms. The largest absolute Gasteiger partial charge is 0.493 e. The third kappa shape index (κ3) is 3.51. The molecule has 2 aliphatic rings. The number of hydrogen-bond acceptors (Lipinski definition) is 3.